The number of aryl methyl sites for hydroxylation is 3. The molecule has 4 rings (SSSR count). The molecule has 3 aromatic heterocycles. The molecule has 0 bridgehead atoms. The number of anilines is 1. The number of methoxy groups -OCH3 is 1. The van der Waals surface area contributed by atoms with Crippen LogP contribution >= 0.6 is 11.3 Å². The third-order valence-electron chi connectivity index (χ3n) is 5.52. The van der Waals surface area contributed by atoms with Crippen LogP contribution in [0.5, 0.6) is 0 Å². The van der Waals surface area contributed by atoms with Crippen LogP contribution in [0.25, 0.3) is 16.9 Å². The fourth-order valence-corrected chi connectivity index (χ4v) is 4.45. The second-order valence-electron chi connectivity index (χ2n) is 7.88. The van der Waals surface area contributed by atoms with Crippen LogP contribution in [0.1, 0.15) is 49.5 Å². The number of carbonyl (C=O) groups excluding carboxylic acids is 2. The van der Waals surface area contributed by atoms with E-state index in [1.165, 1.54) is 24.5 Å². The number of nitrogens with one attached hydrogen (secondary N) is 1. The zero-order chi connectivity index (χ0) is 25.5. The molecule has 0 unspecified atom stereocenters. The van der Waals surface area contributed by atoms with E-state index < -0.39 is 23.7 Å². The molecule has 0 aliphatic carbocycles. The third-order valence-corrected chi connectivity index (χ3v) is 6.71. The molecule has 1 amide bonds. The maximum absolute atomic E-state index is 13.9. The molecule has 11 heteroatoms. The van der Waals surface area contributed by atoms with E-state index in [2.05, 4.69) is 15.4 Å². The van der Waals surface area contributed by atoms with Crippen LogP contribution in [0.3, 0.4) is 0 Å². The summed E-state index contributed by atoms with van der Waals surface area (Å²) in [5.41, 5.74) is 1.23. The van der Waals surface area contributed by atoms with Crippen molar-refractivity contribution in [3.63, 3.8) is 0 Å². The smallest absolute Gasteiger partial charge is 0.433 e. The molecule has 0 aliphatic heterocycles. The van der Waals surface area contributed by atoms with Crippen LogP contribution in [0.15, 0.2) is 36.4 Å². The Morgan fingerprint density at radius 3 is 2.49 bits per heavy atom. The van der Waals surface area contributed by atoms with E-state index in [1.807, 2.05) is 26.8 Å². The molecule has 0 atom stereocenters. The first-order chi connectivity index (χ1) is 16.5. The molecule has 0 radical (unpaired) electrons. The molecule has 1 N–H and O–H groups in total. The second kappa shape index (κ2) is 9.14. The first-order valence-electron chi connectivity index (χ1n) is 10.6. The number of halogens is 3. The average Bonchev–Trinajstić information content (AvgIpc) is 3.43. The van der Waals surface area contributed by atoms with Gasteiger partial charge in [0.1, 0.15) is 5.00 Å². The van der Waals surface area contributed by atoms with Gasteiger partial charge in [-0.3, -0.25) is 4.79 Å². The molecule has 7 nitrogen and oxygen atoms in total. The van der Waals surface area contributed by atoms with Crippen molar-refractivity contribution in [2.24, 2.45) is 0 Å². The van der Waals surface area contributed by atoms with Crippen LogP contribution < -0.4 is 5.32 Å². The predicted molar refractivity (Wildman–Crippen MR) is 126 cm³/mol. The first kappa shape index (κ1) is 24.4. The zero-order valence-corrected chi connectivity index (χ0v) is 20.1. The highest BCUT2D eigenvalue weighted by Crippen LogP contribution is 2.33. The summed E-state index contributed by atoms with van der Waals surface area (Å²) in [5, 5.41) is 6.68. The Hall–Kier alpha value is -3.73. The second-order valence-corrected chi connectivity index (χ2v) is 9.01. The number of nitrogens with zero attached hydrogens (tertiary/aromatic N) is 3. The molecular weight excluding hydrogens is 481 g/mol. The molecule has 0 saturated carbocycles. The summed E-state index contributed by atoms with van der Waals surface area (Å²) in [5.74, 6) is -1.41. The summed E-state index contributed by atoms with van der Waals surface area (Å²) in [7, 11) is 1.22. The number of hydrogen-bond acceptors (Lipinski definition) is 6. The Kier molecular flexibility index (Phi) is 6.37. The van der Waals surface area contributed by atoms with Gasteiger partial charge in [-0.05, 0) is 49.6 Å². The number of hydrogen-bond donors (Lipinski definition) is 1. The summed E-state index contributed by atoms with van der Waals surface area (Å²) in [4.78, 5) is 30.1. The number of fused-ring (bicyclic) bond motifs is 1. The lowest BCUT2D eigenvalue weighted by Crippen LogP contribution is -2.16. The highest BCUT2D eigenvalue weighted by Gasteiger charge is 2.36. The van der Waals surface area contributed by atoms with Crippen molar-refractivity contribution in [1.82, 2.24) is 14.6 Å². The molecular formula is C24H21F3N4O3S. The van der Waals surface area contributed by atoms with Crippen molar-refractivity contribution in [2.75, 3.05) is 12.4 Å². The number of alkyl halides is 3. The number of thiophene rings is 1. The fraction of sp³-hybridized carbons (Fsp3) is 0.250. The van der Waals surface area contributed by atoms with Crippen molar-refractivity contribution >= 4 is 33.9 Å². The molecule has 182 valence electrons. The van der Waals surface area contributed by atoms with E-state index in [4.69, 9.17) is 4.74 Å². The molecule has 3 heterocycles. The predicted octanol–water partition coefficient (Wildman–Crippen LogP) is 5.69. The van der Waals surface area contributed by atoms with Gasteiger partial charge in [0.2, 0.25) is 0 Å². The fourth-order valence-electron chi connectivity index (χ4n) is 3.47. The number of carbonyl (C=O) groups is 2. The number of amides is 1. The summed E-state index contributed by atoms with van der Waals surface area (Å²) in [6, 6.07) is 8.96. The van der Waals surface area contributed by atoms with Crippen LogP contribution in [-0.4, -0.2) is 33.6 Å². The monoisotopic (exact) mass is 502 g/mol. The molecule has 1 aromatic carbocycles. The van der Waals surface area contributed by atoms with Gasteiger partial charge in [0.25, 0.3) is 5.91 Å². The summed E-state index contributed by atoms with van der Waals surface area (Å²) in [6.45, 7) is 5.65. The van der Waals surface area contributed by atoms with Crippen molar-refractivity contribution in [3.05, 3.63) is 69.4 Å². The minimum Gasteiger partial charge on any atom is -0.465 e. The standard InChI is InChI=1S/C24H21F3N4O3S/c1-5-15-9-16(23(33)34-4)22(35-15)29-21(32)18-11-20-28-17(14-7-6-12(2)13(3)8-14)10-19(24(25,26)27)31(20)30-18/h6-11H,5H2,1-4H3,(H,29,32). The van der Waals surface area contributed by atoms with E-state index in [0.717, 1.165) is 22.1 Å². The zero-order valence-electron chi connectivity index (χ0n) is 19.3. The lowest BCUT2D eigenvalue weighted by Gasteiger charge is -2.11. The van der Waals surface area contributed by atoms with Crippen LogP contribution in [0.2, 0.25) is 0 Å². The lowest BCUT2D eigenvalue weighted by molar-refractivity contribution is -0.142. The Balaban J connectivity index is 1.77. The molecule has 0 fully saturated rings. The average molecular weight is 503 g/mol. The SMILES string of the molecule is CCc1cc(C(=O)OC)c(NC(=O)c2cc3nc(-c4ccc(C)c(C)c4)cc(C(F)(F)F)n3n2)s1. The Labute approximate surface area is 202 Å². The number of esters is 1. The Bertz CT molecular complexity index is 1460. The van der Waals surface area contributed by atoms with Gasteiger partial charge in [0, 0.05) is 16.5 Å². The highest BCUT2D eigenvalue weighted by molar-refractivity contribution is 7.16. The number of aromatic nitrogens is 3. The largest absolute Gasteiger partial charge is 0.465 e. The van der Waals surface area contributed by atoms with E-state index in [1.54, 1.807) is 18.2 Å². The highest BCUT2D eigenvalue weighted by atomic mass is 32.1. The topological polar surface area (TPSA) is 85.6 Å². The third kappa shape index (κ3) is 4.76. The van der Waals surface area contributed by atoms with Gasteiger partial charge in [0.05, 0.1) is 18.4 Å². The van der Waals surface area contributed by atoms with Crippen molar-refractivity contribution in [3.8, 4) is 11.3 Å². The number of rotatable bonds is 5. The Morgan fingerprint density at radius 2 is 1.86 bits per heavy atom. The summed E-state index contributed by atoms with van der Waals surface area (Å²) in [6.07, 6.45) is -4.11. The van der Waals surface area contributed by atoms with Gasteiger partial charge in [-0.2, -0.15) is 18.3 Å². The molecule has 0 aliphatic rings. The molecule has 0 spiro atoms. The molecule has 35 heavy (non-hydrogen) atoms. The Morgan fingerprint density at radius 1 is 1.11 bits per heavy atom. The van der Waals surface area contributed by atoms with Crippen LogP contribution in [0, 0.1) is 13.8 Å². The van der Waals surface area contributed by atoms with Crippen molar-refractivity contribution in [2.45, 2.75) is 33.4 Å². The van der Waals surface area contributed by atoms with Gasteiger partial charge >= 0.3 is 12.1 Å². The van der Waals surface area contributed by atoms with Gasteiger partial charge < -0.3 is 10.1 Å². The normalized spacial score (nSPS) is 11.6. The van der Waals surface area contributed by atoms with Crippen LogP contribution in [0.4, 0.5) is 18.2 Å². The first-order valence-corrected chi connectivity index (χ1v) is 11.4. The molecule has 0 saturated heterocycles. The maximum atomic E-state index is 13.9. The van der Waals surface area contributed by atoms with Crippen molar-refractivity contribution in [1.29, 1.82) is 0 Å². The summed E-state index contributed by atoms with van der Waals surface area (Å²) >= 11 is 1.18. The molecule has 4 aromatic rings. The van der Waals surface area contributed by atoms with Crippen LogP contribution in [-0.2, 0) is 17.3 Å². The lowest BCUT2D eigenvalue weighted by atomic mass is 10.0. The minimum absolute atomic E-state index is 0.110. The van der Waals surface area contributed by atoms with Gasteiger partial charge in [-0.25, -0.2) is 14.3 Å². The van der Waals surface area contributed by atoms with E-state index in [0.29, 0.717) is 16.5 Å². The van der Waals surface area contributed by atoms with Gasteiger partial charge in [0.15, 0.2) is 17.0 Å². The van der Waals surface area contributed by atoms with E-state index >= 15 is 0 Å². The van der Waals surface area contributed by atoms with E-state index in [-0.39, 0.29) is 27.6 Å². The number of benzene rings is 1. The van der Waals surface area contributed by atoms with E-state index in [9.17, 15) is 22.8 Å². The van der Waals surface area contributed by atoms with Gasteiger partial charge in [-0.1, -0.05) is 19.1 Å². The minimum atomic E-state index is -4.74. The van der Waals surface area contributed by atoms with Crippen molar-refractivity contribution < 1.29 is 27.5 Å². The number of ether oxygens (including phenoxy) is 1. The quantitative estimate of drug-likeness (QED) is 0.354. The maximum Gasteiger partial charge on any atom is 0.433 e. The van der Waals surface area contributed by atoms with Gasteiger partial charge in [-0.15, -0.1) is 11.3 Å². The summed E-state index contributed by atoms with van der Waals surface area (Å²) < 4.78 is 47.1.